The van der Waals surface area contributed by atoms with Crippen LogP contribution in [0.2, 0.25) is 15.1 Å². The van der Waals surface area contributed by atoms with Crippen LogP contribution in [0.5, 0.6) is 11.5 Å². The molecule has 0 saturated heterocycles. The zero-order chi connectivity index (χ0) is 20.5. The van der Waals surface area contributed by atoms with Gasteiger partial charge in [-0.2, -0.15) is 0 Å². The third-order valence-corrected chi connectivity index (χ3v) is 4.91. The Hall–Kier alpha value is -2.73. The van der Waals surface area contributed by atoms with Crippen molar-refractivity contribution >= 4 is 52.0 Å². The second-order valence-corrected chi connectivity index (χ2v) is 7.54. The summed E-state index contributed by atoms with van der Waals surface area (Å²) in [4.78, 5) is 17.5. The summed E-state index contributed by atoms with van der Waals surface area (Å²) in [5.41, 5.74) is 1.70. The van der Waals surface area contributed by atoms with Crippen molar-refractivity contribution in [1.82, 2.24) is 9.38 Å². The molecule has 0 atom stereocenters. The van der Waals surface area contributed by atoms with Crippen molar-refractivity contribution in [3.63, 3.8) is 0 Å². The average molecular weight is 447 g/mol. The van der Waals surface area contributed by atoms with Crippen LogP contribution in [-0.4, -0.2) is 15.3 Å². The Morgan fingerprint density at radius 1 is 1.03 bits per heavy atom. The van der Waals surface area contributed by atoms with E-state index >= 15 is 0 Å². The first-order chi connectivity index (χ1) is 13.9. The maximum absolute atomic E-state index is 13.1. The van der Waals surface area contributed by atoms with Gasteiger partial charge >= 0.3 is 0 Å². The summed E-state index contributed by atoms with van der Waals surface area (Å²) in [7, 11) is 0. The van der Waals surface area contributed by atoms with E-state index in [0.717, 1.165) is 0 Å². The first-order valence-corrected chi connectivity index (χ1v) is 9.73. The van der Waals surface area contributed by atoms with Gasteiger partial charge in [0.2, 0.25) is 0 Å². The lowest BCUT2D eigenvalue weighted by atomic mass is 10.2. The number of para-hydroxylation sites is 1. The highest BCUT2D eigenvalue weighted by atomic mass is 35.5. The lowest BCUT2D eigenvalue weighted by molar-refractivity contribution is 0.102. The van der Waals surface area contributed by atoms with Crippen LogP contribution in [-0.2, 0) is 0 Å². The molecule has 1 amide bonds. The fraction of sp³-hybridized carbons (Fsp3) is 0.0476. The molecular formula is C21H14Cl3N3O2. The molecule has 146 valence electrons. The molecule has 29 heavy (non-hydrogen) atoms. The van der Waals surface area contributed by atoms with E-state index in [1.54, 1.807) is 41.8 Å². The molecule has 0 unspecified atom stereocenters. The van der Waals surface area contributed by atoms with E-state index in [2.05, 4.69) is 10.3 Å². The molecular weight excluding hydrogens is 433 g/mol. The lowest BCUT2D eigenvalue weighted by Gasteiger charge is -2.13. The fourth-order valence-corrected chi connectivity index (χ4v) is 3.63. The number of pyridine rings is 1. The number of aryl methyl sites for hydroxylation is 1. The molecule has 0 aliphatic rings. The normalized spacial score (nSPS) is 10.9. The van der Waals surface area contributed by atoms with E-state index in [1.165, 1.54) is 0 Å². The first kappa shape index (κ1) is 19.6. The molecule has 0 spiro atoms. The summed E-state index contributed by atoms with van der Waals surface area (Å²) < 4.78 is 7.47. The van der Waals surface area contributed by atoms with Crippen LogP contribution in [0.4, 0.5) is 5.69 Å². The van der Waals surface area contributed by atoms with Crippen molar-refractivity contribution in [2.75, 3.05) is 5.32 Å². The number of carbonyl (C=O) groups excluding carboxylic acids is 1. The SMILES string of the molecule is Cc1nc2c(Cl)cc(Cl)cn2c1C(=O)Nc1cc(Cl)ccc1Oc1ccccc1. The number of hydrogen-bond donors (Lipinski definition) is 1. The smallest absolute Gasteiger partial charge is 0.274 e. The number of aromatic nitrogens is 2. The maximum Gasteiger partial charge on any atom is 0.274 e. The Labute approximate surface area is 181 Å². The number of amides is 1. The number of nitrogens with zero attached hydrogens (tertiary/aromatic N) is 2. The topological polar surface area (TPSA) is 55.6 Å². The van der Waals surface area contributed by atoms with Crippen molar-refractivity contribution in [1.29, 1.82) is 0 Å². The molecule has 0 radical (unpaired) electrons. The van der Waals surface area contributed by atoms with Crippen LogP contribution in [0.25, 0.3) is 5.65 Å². The number of imidazole rings is 1. The van der Waals surface area contributed by atoms with Crippen LogP contribution in [0.15, 0.2) is 60.8 Å². The Kier molecular flexibility index (Phi) is 5.37. The van der Waals surface area contributed by atoms with Gasteiger partial charge < -0.3 is 10.1 Å². The molecule has 0 bridgehead atoms. The van der Waals surface area contributed by atoms with Gasteiger partial charge in [-0.25, -0.2) is 4.98 Å². The monoisotopic (exact) mass is 445 g/mol. The Morgan fingerprint density at radius 2 is 1.79 bits per heavy atom. The molecule has 2 aromatic heterocycles. The second kappa shape index (κ2) is 7.95. The van der Waals surface area contributed by atoms with Gasteiger partial charge in [-0.05, 0) is 43.3 Å². The molecule has 4 aromatic rings. The van der Waals surface area contributed by atoms with Gasteiger partial charge in [-0.1, -0.05) is 53.0 Å². The maximum atomic E-state index is 13.1. The van der Waals surface area contributed by atoms with E-state index < -0.39 is 5.91 Å². The number of nitrogens with one attached hydrogen (secondary N) is 1. The van der Waals surface area contributed by atoms with Gasteiger partial charge in [0.1, 0.15) is 11.4 Å². The van der Waals surface area contributed by atoms with E-state index in [1.807, 2.05) is 30.3 Å². The number of hydrogen-bond acceptors (Lipinski definition) is 3. The van der Waals surface area contributed by atoms with Crippen molar-refractivity contribution in [2.45, 2.75) is 6.92 Å². The van der Waals surface area contributed by atoms with Gasteiger partial charge in [0.25, 0.3) is 5.91 Å². The molecule has 0 fully saturated rings. The number of carbonyl (C=O) groups is 1. The third kappa shape index (κ3) is 4.03. The van der Waals surface area contributed by atoms with Crippen molar-refractivity contribution in [3.05, 3.63) is 87.2 Å². The minimum Gasteiger partial charge on any atom is -0.455 e. The summed E-state index contributed by atoms with van der Waals surface area (Å²) >= 11 is 18.5. The number of halogens is 3. The molecule has 0 saturated carbocycles. The number of fused-ring (bicyclic) bond motifs is 1. The zero-order valence-corrected chi connectivity index (χ0v) is 17.4. The highest BCUT2D eigenvalue weighted by Crippen LogP contribution is 2.33. The van der Waals surface area contributed by atoms with Crippen LogP contribution in [0, 0.1) is 6.92 Å². The predicted molar refractivity (Wildman–Crippen MR) is 116 cm³/mol. The minimum atomic E-state index is -0.395. The summed E-state index contributed by atoms with van der Waals surface area (Å²) in [6.45, 7) is 1.73. The Balaban J connectivity index is 1.72. The first-order valence-electron chi connectivity index (χ1n) is 8.60. The molecule has 2 aromatic carbocycles. The number of rotatable bonds is 4. The van der Waals surface area contributed by atoms with E-state index in [-0.39, 0.29) is 0 Å². The highest BCUT2D eigenvalue weighted by Gasteiger charge is 2.20. The summed E-state index contributed by atoms with van der Waals surface area (Å²) in [6.07, 6.45) is 1.59. The van der Waals surface area contributed by atoms with Crippen LogP contribution in [0.1, 0.15) is 16.2 Å². The van der Waals surface area contributed by atoms with Crippen LogP contribution >= 0.6 is 34.8 Å². The van der Waals surface area contributed by atoms with Crippen molar-refractivity contribution < 1.29 is 9.53 Å². The Morgan fingerprint density at radius 3 is 2.55 bits per heavy atom. The molecule has 1 N–H and O–H groups in total. The molecule has 8 heteroatoms. The molecule has 2 heterocycles. The van der Waals surface area contributed by atoms with Crippen LogP contribution in [0.3, 0.4) is 0 Å². The average Bonchev–Trinajstić information content (AvgIpc) is 3.01. The summed E-state index contributed by atoms with van der Waals surface area (Å²) in [5.74, 6) is 0.694. The fourth-order valence-electron chi connectivity index (χ4n) is 2.95. The summed E-state index contributed by atoms with van der Waals surface area (Å²) in [5, 5.41) is 4.06. The zero-order valence-electron chi connectivity index (χ0n) is 15.1. The van der Waals surface area contributed by atoms with E-state index in [9.17, 15) is 4.79 Å². The van der Waals surface area contributed by atoms with Gasteiger partial charge in [-0.15, -0.1) is 0 Å². The number of anilines is 1. The summed E-state index contributed by atoms with van der Waals surface area (Å²) in [6, 6.07) is 15.8. The highest BCUT2D eigenvalue weighted by molar-refractivity contribution is 6.36. The molecule has 4 rings (SSSR count). The largest absolute Gasteiger partial charge is 0.455 e. The van der Waals surface area contributed by atoms with Gasteiger partial charge in [-0.3, -0.25) is 9.20 Å². The van der Waals surface area contributed by atoms with Crippen molar-refractivity contribution in [3.8, 4) is 11.5 Å². The number of ether oxygens (including phenoxy) is 1. The predicted octanol–water partition coefficient (Wildman–Crippen LogP) is 6.65. The van der Waals surface area contributed by atoms with Gasteiger partial charge in [0.05, 0.1) is 21.4 Å². The molecule has 0 aliphatic carbocycles. The van der Waals surface area contributed by atoms with Crippen LogP contribution < -0.4 is 10.1 Å². The minimum absolute atomic E-state index is 0.315. The quantitative estimate of drug-likeness (QED) is 0.382. The van der Waals surface area contributed by atoms with Crippen molar-refractivity contribution in [2.24, 2.45) is 0 Å². The Bertz CT molecular complexity index is 1220. The molecule has 5 nitrogen and oxygen atoms in total. The van der Waals surface area contributed by atoms with Gasteiger partial charge in [0.15, 0.2) is 11.4 Å². The lowest BCUT2D eigenvalue weighted by Crippen LogP contribution is -2.16. The second-order valence-electron chi connectivity index (χ2n) is 6.26. The standard InChI is InChI=1S/C21H14Cl3N3O2/c1-12-19(27-11-14(23)9-16(24)20(27)25-12)21(28)26-17-10-13(22)7-8-18(17)29-15-5-3-2-4-6-15/h2-11H,1H3,(H,26,28). The van der Waals surface area contributed by atoms with E-state index in [4.69, 9.17) is 39.5 Å². The third-order valence-electron chi connectivity index (χ3n) is 4.19. The number of benzene rings is 2. The molecule has 0 aliphatic heterocycles. The van der Waals surface area contributed by atoms with E-state index in [0.29, 0.717) is 49.3 Å². The van der Waals surface area contributed by atoms with Gasteiger partial charge in [0, 0.05) is 11.2 Å².